The van der Waals surface area contributed by atoms with E-state index in [2.05, 4.69) is 37.6 Å². The summed E-state index contributed by atoms with van der Waals surface area (Å²) in [5.74, 6) is 0.814. The van der Waals surface area contributed by atoms with Crippen LogP contribution in [-0.4, -0.2) is 69.8 Å². The molecule has 0 radical (unpaired) electrons. The number of benzene rings is 1. The fraction of sp³-hybridized carbons (Fsp3) is 0.419. The number of hydrogen-bond acceptors (Lipinski definition) is 9. The van der Waals surface area contributed by atoms with Crippen molar-refractivity contribution in [3.05, 3.63) is 71.7 Å². The van der Waals surface area contributed by atoms with Gasteiger partial charge in [0.25, 0.3) is 6.01 Å². The maximum absolute atomic E-state index is 12.1. The lowest BCUT2D eigenvalue weighted by molar-refractivity contribution is -0.138. The smallest absolute Gasteiger partial charge is 0.326 e. The van der Waals surface area contributed by atoms with Gasteiger partial charge in [-0.1, -0.05) is 18.2 Å². The molecule has 4 heterocycles. The van der Waals surface area contributed by atoms with Crippen LogP contribution in [0.3, 0.4) is 0 Å². The number of nitrogens with zero attached hydrogens (tertiary/aromatic N) is 4. The number of pyridine rings is 2. The van der Waals surface area contributed by atoms with Crippen LogP contribution in [0.15, 0.2) is 59.1 Å². The Morgan fingerprint density at radius 2 is 2.02 bits per heavy atom. The Morgan fingerprint density at radius 3 is 2.85 bits per heavy atom. The van der Waals surface area contributed by atoms with Crippen LogP contribution in [0.5, 0.6) is 5.75 Å². The molecule has 216 valence electrons. The van der Waals surface area contributed by atoms with Crippen molar-refractivity contribution in [1.82, 2.24) is 19.9 Å². The van der Waals surface area contributed by atoms with Crippen LogP contribution in [-0.2, 0) is 17.6 Å². The second-order valence-corrected chi connectivity index (χ2v) is 10.4. The Balaban J connectivity index is 1.15. The molecule has 1 atom stereocenters. The monoisotopic (exact) mass is 558 g/mol. The molecule has 0 amide bonds. The number of carboxylic acid groups (broad SMARTS) is 1. The molecule has 0 spiro atoms. The fourth-order valence-corrected chi connectivity index (χ4v) is 4.97. The maximum atomic E-state index is 12.1. The largest absolute Gasteiger partial charge is 0.491 e. The highest BCUT2D eigenvalue weighted by Gasteiger charge is 2.21. The summed E-state index contributed by atoms with van der Waals surface area (Å²) in [5, 5.41) is 16.3. The summed E-state index contributed by atoms with van der Waals surface area (Å²) in [7, 11) is 0. The van der Waals surface area contributed by atoms with E-state index in [1.165, 1.54) is 5.56 Å². The average molecular weight is 559 g/mol. The molecule has 0 fully saturated rings. The minimum atomic E-state index is -0.943. The molecule has 0 bridgehead atoms. The van der Waals surface area contributed by atoms with Crippen LogP contribution < -0.4 is 15.4 Å². The number of carbonyl (C=O) groups is 1. The van der Waals surface area contributed by atoms with Gasteiger partial charge in [-0.2, -0.15) is 4.98 Å². The molecule has 10 nitrogen and oxygen atoms in total. The molecule has 3 aromatic heterocycles. The highest BCUT2D eigenvalue weighted by Crippen LogP contribution is 2.21. The number of hydrogen-bond donors (Lipinski definition) is 3. The van der Waals surface area contributed by atoms with Crippen LogP contribution in [0.25, 0.3) is 11.1 Å². The van der Waals surface area contributed by atoms with Crippen molar-refractivity contribution in [1.29, 1.82) is 0 Å². The Hall–Kier alpha value is -4.18. The number of oxazole rings is 1. The van der Waals surface area contributed by atoms with E-state index in [9.17, 15) is 9.90 Å². The van der Waals surface area contributed by atoms with Gasteiger partial charge in [0.2, 0.25) is 0 Å². The molecule has 3 N–H and O–H groups in total. The molecule has 1 aliphatic rings. The third-order valence-electron chi connectivity index (χ3n) is 7.29. The summed E-state index contributed by atoms with van der Waals surface area (Å²) in [6, 6.07) is 14.9. The number of aryl methyl sites for hydroxylation is 3. The minimum Gasteiger partial charge on any atom is -0.491 e. The Bertz CT molecular complexity index is 1390. The number of unbranched alkanes of at least 4 members (excludes halogenated alkanes) is 1. The minimum absolute atomic E-state index is 0.215. The van der Waals surface area contributed by atoms with Gasteiger partial charge < -0.3 is 24.9 Å². The second kappa shape index (κ2) is 13.9. The second-order valence-electron chi connectivity index (χ2n) is 10.4. The van der Waals surface area contributed by atoms with E-state index in [0.717, 1.165) is 68.1 Å². The first kappa shape index (κ1) is 28.4. The van der Waals surface area contributed by atoms with Gasteiger partial charge in [0.05, 0.1) is 6.20 Å². The summed E-state index contributed by atoms with van der Waals surface area (Å²) >= 11 is 0. The van der Waals surface area contributed by atoms with Gasteiger partial charge in [0.1, 0.15) is 29.7 Å². The summed E-state index contributed by atoms with van der Waals surface area (Å²) in [6.07, 6.45) is 7.22. The predicted octanol–water partition coefficient (Wildman–Crippen LogP) is 4.94. The number of nitrogens with one attached hydrogen (secondary N) is 2. The SMILES string of the molecule is Cc1ccc(OCCN(CCCCc2ccc3c(n2)NCCC3)CCC(Nc2nc3ccccc3o2)C(=O)O)cn1. The lowest BCUT2D eigenvalue weighted by Crippen LogP contribution is -2.37. The number of para-hydroxylation sites is 2. The quantitative estimate of drug-likeness (QED) is 0.173. The summed E-state index contributed by atoms with van der Waals surface area (Å²) < 4.78 is 11.6. The number of fused-ring (bicyclic) bond motifs is 2. The Kier molecular flexibility index (Phi) is 9.64. The van der Waals surface area contributed by atoms with E-state index < -0.39 is 12.0 Å². The van der Waals surface area contributed by atoms with E-state index in [1.807, 2.05) is 43.3 Å². The van der Waals surface area contributed by atoms with Gasteiger partial charge in [0.15, 0.2) is 5.58 Å². The van der Waals surface area contributed by atoms with Crippen molar-refractivity contribution in [3.8, 4) is 5.75 Å². The van der Waals surface area contributed by atoms with Crippen LogP contribution in [0.4, 0.5) is 11.8 Å². The normalized spacial score (nSPS) is 13.5. The number of rotatable bonds is 15. The van der Waals surface area contributed by atoms with Crippen molar-refractivity contribution in [2.45, 2.75) is 51.5 Å². The molecular weight excluding hydrogens is 520 g/mol. The van der Waals surface area contributed by atoms with E-state index >= 15 is 0 Å². The first-order valence-corrected chi connectivity index (χ1v) is 14.4. The number of aromatic nitrogens is 3. The number of aliphatic carboxylic acids is 1. The zero-order valence-corrected chi connectivity index (χ0v) is 23.5. The fourth-order valence-electron chi connectivity index (χ4n) is 4.97. The molecule has 0 saturated carbocycles. The first-order valence-electron chi connectivity index (χ1n) is 14.4. The molecule has 1 unspecified atom stereocenters. The number of ether oxygens (including phenoxy) is 1. The zero-order chi connectivity index (χ0) is 28.4. The standard InChI is InChI=1S/C31H38N6O4/c1-22-11-14-25(21-33-22)40-20-19-37(17-5-4-8-24-13-12-23-7-6-16-32-29(23)34-24)18-15-27(30(38)39)36-31-35-26-9-2-3-10-28(26)41-31/h2-3,9-14,21,27H,4-8,15-20H2,1H3,(H,32,34)(H,35,36)(H,38,39). The Labute approximate surface area is 240 Å². The van der Waals surface area contributed by atoms with E-state index in [1.54, 1.807) is 6.20 Å². The first-order chi connectivity index (χ1) is 20.0. The maximum Gasteiger partial charge on any atom is 0.326 e. The van der Waals surface area contributed by atoms with Crippen molar-refractivity contribution < 1.29 is 19.1 Å². The third kappa shape index (κ3) is 8.17. The van der Waals surface area contributed by atoms with Gasteiger partial charge in [-0.3, -0.25) is 9.88 Å². The number of carboxylic acids is 1. The van der Waals surface area contributed by atoms with Crippen LogP contribution in [0.2, 0.25) is 0 Å². The topological polar surface area (TPSA) is 126 Å². The molecule has 4 aromatic rings. The molecule has 1 aromatic carbocycles. The molecule has 41 heavy (non-hydrogen) atoms. The predicted molar refractivity (Wildman–Crippen MR) is 159 cm³/mol. The molecule has 10 heteroatoms. The highest BCUT2D eigenvalue weighted by molar-refractivity contribution is 5.78. The van der Waals surface area contributed by atoms with Crippen molar-refractivity contribution >= 4 is 28.9 Å². The van der Waals surface area contributed by atoms with E-state index in [0.29, 0.717) is 37.2 Å². The molecule has 0 aliphatic carbocycles. The van der Waals surface area contributed by atoms with Crippen LogP contribution >= 0.6 is 0 Å². The van der Waals surface area contributed by atoms with Gasteiger partial charge in [-0.15, -0.1) is 0 Å². The van der Waals surface area contributed by atoms with Gasteiger partial charge >= 0.3 is 5.97 Å². The molecular formula is C31H38N6O4. The van der Waals surface area contributed by atoms with Gasteiger partial charge in [-0.25, -0.2) is 9.78 Å². The van der Waals surface area contributed by atoms with Gasteiger partial charge in [-0.05, 0) is 87.9 Å². The van der Waals surface area contributed by atoms with E-state index in [-0.39, 0.29) is 6.01 Å². The van der Waals surface area contributed by atoms with Crippen LogP contribution in [0.1, 0.15) is 42.6 Å². The average Bonchev–Trinajstić information content (AvgIpc) is 3.40. The lowest BCUT2D eigenvalue weighted by atomic mass is 10.1. The van der Waals surface area contributed by atoms with E-state index in [4.69, 9.17) is 14.1 Å². The summed E-state index contributed by atoms with van der Waals surface area (Å²) in [6.45, 7) is 5.49. The molecule has 1 aliphatic heterocycles. The van der Waals surface area contributed by atoms with Crippen molar-refractivity contribution in [3.63, 3.8) is 0 Å². The van der Waals surface area contributed by atoms with Crippen molar-refractivity contribution in [2.24, 2.45) is 0 Å². The third-order valence-corrected chi connectivity index (χ3v) is 7.29. The highest BCUT2D eigenvalue weighted by atomic mass is 16.5. The Morgan fingerprint density at radius 1 is 1.12 bits per heavy atom. The van der Waals surface area contributed by atoms with Crippen LogP contribution in [0, 0.1) is 6.92 Å². The summed E-state index contributed by atoms with van der Waals surface area (Å²) in [4.78, 5) is 27.8. The molecule has 0 saturated heterocycles. The van der Waals surface area contributed by atoms with Gasteiger partial charge in [0, 0.05) is 31.0 Å². The zero-order valence-electron chi connectivity index (χ0n) is 23.5. The number of anilines is 2. The lowest BCUT2D eigenvalue weighted by Gasteiger charge is -2.24. The molecule has 5 rings (SSSR count). The summed E-state index contributed by atoms with van der Waals surface area (Å²) in [5.41, 5.74) is 4.65. The van der Waals surface area contributed by atoms with Crippen molar-refractivity contribution in [2.75, 3.05) is 43.4 Å².